The molecule has 2 saturated heterocycles. The minimum atomic E-state index is -3.74. The van der Waals surface area contributed by atoms with Crippen LogP contribution in [0.5, 0.6) is 0 Å². The largest absolute Gasteiger partial charge is 0.372 e. The van der Waals surface area contributed by atoms with E-state index < -0.39 is 15.8 Å². The summed E-state index contributed by atoms with van der Waals surface area (Å²) in [5.41, 5.74) is 1.94. The van der Waals surface area contributed by atoms with Gasteiger partial charge in [0.2, 0.25) is 15.9 Å². The first-order valence-electron chi connectivity index (χ1n) is 11.5. The summed E-state index contributed by atoms with van der Waals surface area (Å²) in [4.78, 5) is 16.8. The lowest BCUT2D eigenvalue weighted by Crippen LogP contribution is -2.50. The molecular weight excluding hydrogens is 443 g/mol. The molecule has 0 radical (unpaired) electrons. The molecule has 0 aromatic heterocycles. The molecule has 4 rings (SSSR count). The molecule has 2 aliphatic rings. The summed E-state index contributed by atoms with van der Waals surface area (Å²) in [5.74, 6) is -0.704. The van der Waals surface area contributed by atoms with E-state index in [1.54, 1.807) is 0 Å². The topological polar surface area (TPSA) is 73.0 Å². The average Bonchev–Trinajstić information content (AvgIpc) is 3.10. The SMILES string of the molecule is O=C(CN1CCN(S(=O)(=O)c2cccc(F)c2)CC1)Nc1ccc(N2CCCCCC2)cc1. The van der Waals surface area contributed by atoms with Crippen molar-refractivity contribution >= 4 is 27.3 Å². The summed E-state index contributed by atoms with van der Waals surface area (Å²) in [7, 11) is -3.74. The third-order valence-electron chi connectivity index (χ3n) is 6.25. The Morgan fingerprint density at radius 3 is 2.18 bits per heavy atom. The minimum Gasteiger partial charge on any atom is -0.372 e. The molecule has 2 aromatic carbocycles. The molecule has 0 bridgehead atoms. The van der Waals surface area contributed by atoms with Crippen LogP contribution in [0.15, 0.2) is 53.4 Å². The van der Waals surface area contributed by atoms with E-state index in [0.29, 0.717) is 13.1 Å². The summed E-state index contributed by atoms with van der Waals surface area (Å²) < 4.78 is 40.2. The predicted molar refractivity (Wildman–Crippen MR) is 127 cm³/mol. The van der Waals surface area contributed by atoms with E-state index in [9.17, 15) is 17.6 Å². The zero-order chi connectivity index (χ0) is 23.3. The number of anilines is 2. The molecule has 2 aromatic rings. The van der Waals surface area contributed by atoms with Crippen LogP contribution in [0.1, 0.15) is 25.7 Å². The summed E-state index contributed by atoms with van der Waals surface area (Å²) in [5, 5.41) is 2.93. The van der Waals surface area contributed by atoms with Gasteiger partial charge in [-0.3, -0.25) is 9.69 Å². The predicted octanol–water partition coefficient (Wildman–Crippen LogP) is 3.15. The summed E-state index contributed by atoms with van der Waals surface area (Å²) in [6, 6.07) is 13.0. The Hall–Kier alpha value is -2.49. The van der Waals surface area contributed by atoms with Gasteiger partial charge < -0.3 is 10.2 Å². The van der Waals surface area contributed by atoms with Crippen LogP contribution in [-0.4, -0.2) is 69.3 Å². The molecule has 7 nitrogen and oxygen atoms in total. The van der Waals surface area contributed by atoms with Gasteiger partial charge in [-0.25, -0.2) is 12.8 Å². The second kappa shape index (κ2) is 10.6. The highest BCUT2D eigenvalue weighted by Gasteiger charge is 2.29. The highest BCUT2D eigenvalue weighted by molar-refractivity contribution is 7.89. The number of amides is 1. The van der Waals surface area contributed by atoms with Crippen LogP contribution in [-0.2, 0) is 14.8 Å². The van der Waals surface area contributed by atoms with Gasteiger partial charge in [0, 0.05) is 50.6 Å². The van der Waals surface area contributed by atoms with Crippen molar-refractivity contribution in [3.05, 3.63) is 54.3 Å². The molecule has 2 fully saturated rings. The fourth-order valence-corrected chi connectivity index (χ4v) is 5.85. The van der Waals surface area contributed by atoms with Gasteiger partial charge in [-0.1, -0.05) is 18.9 Å². The molecule has 0 saturated carbocycles. The van der Waals surface area contributed by atoms with Gasteiger partial charge >= 0.3 is 0 Å². The molecule has 0 aliphatic carbocycles. The van der Waals surface area contributed by atoms with Gasteiger partial charge in [0.05, 0.1) is 11.4 Å². The Bertz CT molecular complexity index is 1050. The number of piperazine rings is 1. The third kappa shape index (κ3) is 6.10. The molecule has 2 aliphatic heterocycles. The Kier molecular flexibility index (Phi) is 7.62. The van der Waals surface area contributed by atoms with Gasteiger partial charge in [0.25, 0.3) is 0 Å². The van der Waals surface area contributed by atoms with E-state index in [-0.39, 0.29) is 30.4 Å². The normalized spacial score (nSPS) is 18.6. The number of hydrogen-bond acceptors (Lipinski definition) is 5. The molecule has 178 valence electrons. The molecule has 0 spiro atoms. The maximum absolute atomic E-state index is 13.4. The fraction of sp³-hybridized carbons (Fsp3) is 0.458. The third-order valence-corrected chi connectivity index (χ3v) is 8.15. The number of carbonyl (C=O) groups is 1. The Morgan fingerprint density at radius 2 is 1.55 bits per heavy atom. The van der Waals surface area contributed by atoms with Crippen LogP contribution in [0.3, 0.4) is 0 Å². The van der Waals surface area contributed by atoms with E-state index in [0.717, 1.165) is 24.8 Å². The monoisotopic (exact) mass is 474 g/mol. The van der Waals surface area contributed by atoms with Gasteiger partial charge in [0.15, 0.2) is 0 Å². The number of nitrogens with one attached hydrogen (secondary N) is 1. The maximum Gasteiger partial charge on any atom is 0.243 e. The molecule has 1 N–H and O–H groups in total. The Morgan fingerprint density at radius 1 is 0.879 bits per heavy atom. The number of hydrogen-bond donors (Lipinski definition) is 1. The van der Waals surface area contributed by atoms with Crippen LogP contribution < -0.4 is 10.2 Å². The van der Waals surface area contributed by atoms with E-state index in [4.69, 9.17) is 0 Å². The second-order valence-corrected chi connectivity index (χ2v) is 10.6. The van der Waals surface area contributed by atoms with Crippen molar-refractivity contribution in [1.82, 2.24) is 9.21 Å². The van der Waals surface area contributed by atoms with Crippen LogP contribution >= 0.6 is 0 Å². The van der Waals surface area contributed by atoms with E-state index in [1.165, 1.54) is 53.9 Å². The van der Waals surface area contributed by atoms with Crippen molar-refractivity contribution in [3.63, 3.8) is 0 Å². The summed E-state index contributed by atoms with van der Waals surface area (Å²) in [6.07, 6.45) is 5.01. The van der Waals surface area contributed by atoms with Crippen LogP contribution in [0.25, 0.3) is 0 Å². The van der Waals surface area contributed by atoms with Gasteiger partial charge in [-0.2, -0.15) is 4.31 Å². The number of halogens is 1. The number of sulfonamides is 1. The van der Waals surface area contributed by atoms with Crippen LogP contribution in [0.4, 0.5) is 15.8 Å². The van der Waals surface area contributed by atoms with Crippen LogP contribution in [0.2, 0.25) is 0 Å². The summed E-state index contributed by atoms with van der Waals surface area (Å²) in [6.45, 7) is 3.75. The maximum atomic E-state index is 13.4. The number of benzene rings is 2. The quantitative estimate of drug-likeness (QED) is 0.696. The molecule has 9 heteroatoms. The number of carbonyl (C=O) groups excluding carboxylic acids is 1. The van der Waals surface area contributed by atoms with E-state index in [2.05, 4.69) is 22.3 Å². The van der Waals surface area contributed by atoms with E-state index >= 15 is 0 Å². The Labute approximate surface area is 195 Å². The van der Waals surface area contributed by atoms with Crippen molar-refractivity contribution in [2.45, 2.75) is 30.6 Å². The van der Waals surface area contributed by atoms with Gasteiger partial charge in [-0.05, 0) is 55.3 Å². The first-order valence-corrected chi connectivity index (χ1v) is 13.0. The summed E-state index contributed by atoms with van der Waals surface area (Å²) >= 11 is 0. The second-order valence-electron chi connectivity index (χ2n) is 8.63. The first kappa shape index (κ1) is 23.7. The lowest BCUT2D eigenvalue weighted by Gasteiger charge is -2.33. The lowest BCUT2D eigenvalue weighted by atomic mass is 10.2. The van der Waals surface area contributed by atoms with Gasteiger partial charge in [-0.15, -0.1) is 0 Å². The van der Waals surface area contributed by atoms with Crippen molar-refractivity contribution in [2.75, 3.05) is 56.0 Å². The Balaban J connectivity index is 1.26. The smallest absolute Gasteiger partial charge is 0.243 e. The van der Waals surface area contributed by atoms with Gasteiger partial charge in [0.1, 0.15) is 5.82 Å². The van der Waals surface area contributed by atoms with E-state index in [1.807, 2.05) is 17.0 Å². The zero-order valence-corrected chi connectivity index (χ0v) is 19.6. The first-order chi connectivity index (χ1) is 15.9. The van der Waals surface area contributed by atoms with Crippen LogP contribution in [0, 0.1) is 5.82 Å². The molecule has 1 amide bonds. The zero-order valence-electron chi connectivity index (χ0n) is 18.7. The molecular formula is C24H31FN4O3S. The highest BCUT2D eigenvalue weighted by atomic mass is 32.2. The van der Waals surface area contributed by atoms with Crippen molar-refractivity contribution in [3.8, 4) is 0 Å². The molecule has 0 atom stereocenters. The fourth-order valence-electron chi connectivity index (χ4n) is 4.39. The molecule has 2 heterocycles. The lowest BCUT2D eigenvalue weighted by molar-refractivity contribution is -0.117. The highest BCUT2D eigenvalue weighted by Crippen LogP contribution is 2.22. The number of nitrogens with zero attached hydrogens (tertiary/aromatic N) is 3. The standard InChI is InChI=1S/C24H31FN4O3S/c25-20-6-5-7-23(18-20)33(31,32)29-16-14-27(15-17-29)19-24(30)26-21-8-10-22(11-9-21)28-12-3-1-2-4-13-28/h5-11,18H,1-4,12-17,19H2,(H,26,30). The minimum absolute atomic E-state index is 0.0442. The number of rotatable bonds is 6. The average molecular weight is 475 g/mol. The molecule has 33 heavy (non-hydrogen) atoms. The molecule has 0 unspecified atom stereocenters. The van der Waals surface area contributed by atoms with Crippen molar-refractivity contribution in [2.24, 2.45) is 0 Å². The van der Waals surface area contributed by atoms with Crippen molar-refractivity contribution < 1.29 is 17.6 Å². The van der Waals surface area contributed by atoms with Crippen molar-refractivity contribution in [1.29, 1.82) is 0 Å².